The largest absolute Gasteiger partial charge is 0.412 e. The van der Waals surface area contributed by atoms with Gasteiger partial charge in [-0.05, 0) is 0 Å². The van der Waals surface area contributed by atoms with Crippen molar-refractivity contribution in [2.24, 2.45) is 0 Å². The monoisotopic (exact) mass is 922 g/mol. The van der Waals surface area contributed by atoms with Crippen LogP contribution in [0.15, 0.2) is 0 Å². The van der Waals surface area contributed by atoms with Gasteiger partial charge in [0, 0.05) is 105 Å². The third kappa shape index (κ3) is 4020. The molecule has 29 heteroatoms. The third-order valence-corrected chi connectivity index (χ3v) is 0. The predicted molar refractivity (Wildman–Crippen MR) is 86.7 cm³/mol. The Kier molecular flexibility index (Phi) is 705000. The Labute approximate surface area is 235 Å². The molecule has 0 aromatic heterocycles. The van der Waals surface area contributed by atoms with Gasteiger partial charge >= 0.3 is 0 Å². The van der Waals surface area contributed by atoms with Crippen LogP contribution in [-0.2, 0) is 105 Å². The Balaban J connectivity index is 0. The van der Waals surface area contributed by atoms with Gasteiger partial charge in [-0.25, -0.2) is 0 Å². The second-order valence-corrected chi connectivity index (χ2v) is 0. The van der Waals surface area contributed by atoms with Crippen LogP contribution in [0.5, 0.6) is 0 Å². The average Bonchev–Trinajstić information content (AvgIpc) is 0. The summed E-state index contributed by atoms with van der Waals surface area (Å²) in [5.74, 6) is 0. The summed E-state index contributed by atoms with van der Waals surface area (Å²) in [6, 6.07) is 0. The molecule has 0 unspecified atom stereocenters. The molecule has 24 nitrogen and oxygen atoms in total. The van der Waals surface area contributed by atoms with Crippen LogP contribution in [0, 0.1) is 0 Å². The quantitative estimate of drug-likeness (QED) is 0.205. The predicted octanol–water partition coefficient (Wildman–Crippen LogP) is -19.8. The van der Waals surface area contributed by atoms with Crippen molar-refractivity contribution in [1.29, 1.82) is 0 Å². The molecule has 48 N–H and O–H groups in total. The van der Waals surface area contributed by atoms with Crippen molar-refractivity contribution >= 4 is 0 Å². The molecule has 0 aromatic rings. The molecular formula is H48Mo5O24. The molecule has 0 aliphatic carbocycles. The molecule has 0 radical (unpaired) electrons. The van der Waals surface area contributed by atoms with Gasteiger partial charge in [-0.1, -0.05) is 0 Å². The van der Waals surface area contributed by atoms with E-state index in [1.807, 2.05) is 0 Å². The summed E-state index contributed by atoms with van der Waals surface area (Å²) in [5.41, 5.74) is 0. The van der Waals surface area contributed by atoms with Crippen molar-refractivity contribution in [2.45, 2.75) is 0 Å². The van der Waals surface area contributed by atoms with Crippen LogP contribution in [-0.4, -0.2) is 131 Å². The van der Waals surface area contributed by atoms with Crippen molar-refractivity contribution < 1.29 is 237 Å². The molecular weight excluding hydrogens is 864 g/mol. The maximum Gasteiger partial charge on any atom is 0 e. The fourth-order valence-electron chi connectivity index (χ4n) is 0. The first-order valence-corrected chi connectivity index (χ1v) is 0. The molecule has 222 valence electrons. The molecule has 0 aromatic carbocycles. The van der Waals surface area contributed by atoms with E-state index in [1.165, 1.54) is 0 Å². The van der Waals surface area contributed by atoms with Gasteiger partial charge in [0.2, 0.25) is 0 Å². The van der Waals surface area contributed by atoms with Gasteiger partial charge in [0.1, 0.15) is 0 Å². The topological polar surface area (TPSA) is 756 Å². The van der Waals surface area contributed by atoms with E-state index in [-0.39, 0.29) is 237 Å². The molecule has 0 saturated carbocycles. The summed E-state index contributed by atoms with van der Waals surface area (Å²) in [6.45, 7) is 0. The van der Waals surface area contributed by atoms with E-state index in [0.717, 1.165) is 0 Å². The molecule has 0 aliphatic rings. The zero-order valence-corrected chi connectivity index (χ0v) is 24.1. The van der Waals surface area contributed by atoms with Crippen molar-refractivity contribution in [2.75, 3.05) is 0 Å². The molecule has 0 spiro atoms. The number of hydrogen-bond donors (Lipinski definition) is 0. The summed E-state index contributed by atoms with van der Waals surface area (Å²) in [7, 11) is 0. The first-order valence-electron chi connectivity index (χ1n) is 0. The summed E-state index contributed by atoms with van der Waals surface area (Å²) >= 11 is 0. The van der Waals surface area contributed by atoms with Gasteiger partial charge in [-0.3, -0.25) is 0 Å². The number of hydrogen-bond acceptors (Lipinski definition) is 0. The van der Waals surface area contributed by atoms with Gasteiger partial charge < -0.3 is 131 Å². The molecule has 0 amide bonds. The van der Waals surface area contributed by atoms with Crippen molar-refractivity contribution in [3.05, 3.63) is 0 Å². The molecule has 0 bridgehead atoms. The van der Waals surface area contributed by atoms with E-state index in [9.17, 15) is 0 Å². The first-order chi connectivity index (χ1) is 0. The van der Waals surface area contributed by atoms with E-state index < -0.39 is 0 Å². The fourth-order valence-corrected chi connectivity index (χ4v) is 0. The zero-order chi connectivity index (χ0) is 0. The van der Waals surface area contributed by atoms with Crippen molar-refractivity contribution in [3.8, 4) is 0 Å². The molecule has 0 atom stereocenters. The minimum absolute atomic E-state index is 0. The molecule has 0 rings (SSSR count). The maximum absolute atomic E-state index is 0. The van der Waals surface area contributed by atoms with Crippen molar-refractivity contribution in [1.82, 2.24) is 0 Å². The fraction of sp³-hybridized carbons (Fsp3) is 0. The zero-order valence-electron chi connectivity index (χ0n) is 14.0. The van der Waals surface area contributed by atoms with E-state index in [4.69, 9.17) is 0 Å². The SMILES string of the molecule is O.O.O.O.O.O.O.O.O.O.O.O.O.O.O.O.O.O.O.O.O.O.O.O.[Mo].[Mo].[Mo].[Mo].[Mo]. The Morgan fingerprint density at radius 2 is 0.0690 bits per heavy atom. The van der Waals surface area contributed by atoms with Gasteiger partial charge in [0.05, 0.1) is 0 Å². The third-order valence-electron chi connectivity index (χ3n) is 0. The van der Waals surface area contributed by atoms with Crippen LogP contribution >= 0.6 is 0 Å². The Bertz CT molecular complexity index is 19.2. The Morgan fingerprint density at radius 1 is 0.0690 bits per heavy atom. The van der Waals surface area contributed by atoms with E-state index in [2.05, 4.69) is 0 Å². The second-order valence-electron chi connectivity index (χ2n) is 0. The number of rotatable bonds is 0. The van der Waals surface area contributed by atoms with Crippen LogP contribution in [0.25, 0.3) is 0 Å². The minimum atomic E-state index is 0. The van der Waals surface area contributed by atoms with Crippen LogP contribution in [0.3, 0.4) is 0 Å². The maximum atomic E-state index is 0. The molecule has 0 saturated heterocycles. The average molecular weight is 912 g/mol. The van der Waals surface area contributed by atoms with Gasteiger partial charge in [-0.2, -0.15) is 0 Å². The van der Waals surface area contributed by atoms with Crippen LogP contribution in [0.2, 0.25) is 0 Å². The van der Waals surface area contributed by atoms with E-state index in [1.54, 1.807) is 0 Å². The van der Waals surface area contributed by atoms with E-state index >= 15 is 0 Å². The van der Waals surface area contributed by atoms with Crippen LogP contribution in [0.1, 0.15) is 0 Å². The van der Waals surface area contributed by atoms with Crippen LogP contribution < -0.4 is 0 Å². The van der Waals surface area contributed by atoms with Crippen molar-refractivity contribution in [3.63, 3.8) is 0 Å². The minimum Gasteiger partial charge on any atom is -0.412 e. The van der Waals surface area contributed by atoms with Gasteiger partial charge in [-0.15, -0.1) is 0 Å². The first kappa shape index (κ1) is 4750. The standard InChI is InChI=1S/5Mo.24H2O/h;;;;;24*1H2. The van der Waals surface area contributed by atoms with E-state index in [0.29, 0.717) is 0 Å². The summed E-state index contributed by atoms with van der Waals surface area (Å²) in [5, 5.41) is 0. The normalized spacial score (nSPS) is 0. The Morgan fingerprint density at radius 3 is 0.0690 bits per heavy atom. The molecule has 0 fully saturated rings. The van der Waals surface area contributed by atoms with Gasteiger partial charge in [0.25, 0.3) is 0 Å². The summed E-state index contributed by atoms with van der Waals surface area (Å²) in [4.78, 5) is 0. The second kappa shape index (κ2) is 4300. The summed E-state index contributed by atoms with van der Waals surface area (Å²) < 4.78 is 0. The molecule has 0 heterocycles. The molecule has 29 heavy (non-hydrogen) atoms. The Hall–Kier alpha value is 2.48. The molecule has 0 aliphatic heterocycles. The smallest absolute Gasteiger partial charge is 0 e. The van der Waals surface area contributed by atoms with Crippen LogP contribution in [0.4, 0.5) is 0 Å². The van der Waals surface area contributed by atoms with Gasteiger partial charge in [0.15, 0.2) is 0 Å². The summed E-state index contributed by atoms with van der Waals surface area (Å²) in [6.07, 6.45) is 0.